The van der Waals surface area contributed by atoms with Gasteiger partial charge in [-0.15, -0.1) is 0 Å². The van der Waals surface area contributed by atoms with Gasteiger partial charge in [0.2, 0.25) is 0 Å². The number of esters is 1. The molecule has 0 heterocycles. The number of hydrogen-bond acceptors (Lipinski definition) is 10. The van der Waals surface area contributed by atoms with E-state index in [1.807, 2.05) is 18.2 Å². The molecular formula is C38H69NO9. The maximum atomic E-state index is 11.9. The number of carbonyl (C=O) groups is 1. The molecule has 0 aliphatic heterocycles. The smallest absolute Gasteiger partial charge is 0.305 e. The van der Waals surface area contributed by atoms with Crippen LogP contribution in [0.3, 0.4) is 0 Å². The summed E-state index contributed by atoms with van der Waals surface area (Å²) in [6, 6.07) is 7.39. The predicted octanol–water partition coefficient (Wildman–Crippen LogP) is 7.55. The average molecular weight is 684 g/mol. The van der Waals surface area contributed by atoms with Crippen LogP contribution in [-0.2, 0) is 38.0 Å². The third-order valence-electron chi connectivity index (χ3n) is 7.74. The molecule has 0 spiro atoms. The first-order valence-electron chi connectivity index (χ1n) is 18.8. The van der Waals surface area contributed by atoms with Gasteiger partial charge < -0.3 is 43.6 Å². The van der Waals surface area contributed by atoms with Gasteiger partial charge in [0.05, 0.1) is 85.0 Å². The molecule has 280 valence electrons. The third kappa shape index (κ3) is 31.3. The Morgan fingerprint density at radius 3 is 1.25 bits per heavy atom. The van der Waals surface area contributed by atoms with Crippen LogP contribution in [0.1, 0.15) is 110 Å². The number of ether oxygens (including phenoxy) is 8. The van der Waals surface area contributed by atoms with Crippen LogP contribution < -0.4 is 10.5 Å². The van der Waals surface area contributed by atoms with E-state index >= 15 is 0 Å². The largest absolute Gasteiger partial charge is 0.489 e. The van der Waals surface area contributed by atoms with E-state index in [0.29, 0.717) is 110 Å². The van der Waals surface area contributed by atoms with Gasteiger partial charge in [0.15, 0.2) is 0 Å². The Morgan fingerprint density at radius 2 is 0.833 bits per heavy atom. The van der Waals surface area contributed by atoms with Crippen LogP contribution in [0.2, 0.25) is 0 Å². The van der Waals surface area contributed by atoms with E-state index in [-0.39, 0.29) is 5.97 Å². The van der Waals surface area contributed by atoms with Crippen LogP contribution in [0.4, 0.5) is 5.69 Å². The van der Waals surface area contributed by atoms with Crippen molar-refractivity contribution in [1.82, 2.24) is 0 Å². The van der Waals surface area contributed by atoms with Crippen molar-refractivity contribution in [3.05, 3.63) is 24.3 Å². The molecule has 0 aliphatic rings. The molecule has 2 N–H and O–H groups in total. The zero-order valence-electron chi connectivity index (χ0n) is 30.3. The highest BCUT2D eigenvalue weighted by atomic mass is 16.6. The summed E-state index contributed by atoms with van der Waals surface area (Å²) >= 11 is 0. The molecule has 10 heteroatoms. The summed E-state index contributed by atoms with van der Waals surface area (Å²) in [6.45, 7) is 8.78. The summed E-state index contributed by atoms with van der Waals surface area (Å²) in [4.78, 5) is 11.9. The molecule has 0 unspecified atom stereocenters. The highest BCUT2D eigenvalue weighted by Crippen LogP contribution is 2.19. The van der Waals surface area contributed by atoms with Gasteiger partial charge in [-0.2, -0.15) is 0 Å². The number of unbranched alkanes of at least 4 members (excludes halogenated alkanes) is 14. The monoisotopic (exact) mass is 683 g/mol. The Balaban J connectivity index is 1.67. The topological polar surface area (TPSA) is 117 Å². The molecule has 0 atom stereocenters. The molecular weight excluding hydrogens is 614 g/mol. The number of para-hydroxylation sites is 2. The van der Waals surface area contributed by atoms with E-state index in [0.717, 1.165) is 12.8 Å². The highest BCUT2D eigenvalue weighted by Gasteiger charge is 2.03. The van der Waals surface area contributed by atoms with Gasteiger partial charge in [0, 0.05) is 6.42 Å². The van der Waals surface area contributed by atoms with Crippen molar-refractivity contribution in [3.8, 4) is 5.75 Å². The van der Waals surface area contributed by atoms with Gasteiger partial charge in [-0.3, -0.25) is 4.79 Å². The van der Waals surface area contributed by atoms with Crippen LogP contribution in [0.15, 0.2) is 24.3 Å². The maximum absolute atomic E-state index is 11.9. The summed E-state index contributed by atoms with van der Waals surface area (Å²) < 4.78 is 43.7. The third-order valence-corrected chi connectivity index (χ3v) is 7.74. The van der Waals surface area contributed by atoms with E-state index < -0.39 is 0 Å². The average Bonchev–Trinajstić information content (AvgIpc) is 3.09. The van der Waals surface area contributed by atoms with Gasteiger partial charge in [0.1, 0.15) is 19.0 Å². The van der Waals surface area contributed by atoms with Crippen molar-refractivity contribution in [2.45, 2.75) is 110 Å². The minimum atomic E-state index is -0.128. The number of rotatable bonds is 38. The van der Waals surface area contributed by atoms with Crippen LogP contribution >= 0.6 is 0 Å². The van der Waals surface area contributed by atoms with Crippen LogP contribution in [0, 0.1) is 0 Å². The maximum Gasteiger partial charge on any atom is 0.305 e. The molecule has 0 aromatic heterocycles. The van der Waals surface area contributed by atoms with E-state index in [4.69, 9.17) is 43.6 Å². The minimum Gasteiger partial charge on any atom is -0.489 e. The van der Waals surface area contributed by atoms with E-state index in [9.17, 15) is 4.79 Å². The summed E-state index contributed by atoms with van der Waals surface area (Å²) in [5.74, 6) is 0.541. The minimum absolute atomic E-state index is 0.128. The van der Waals surface area contributed by atoms with Crippen molar-refractivity contribution in [2.24, 2.45) is 0 Å². The molecule has 10 nitrogen and oxygen atoms in total. The van der Waals surface area contributed by atoms with Crippen molar-refractivity contribution < 1.29 is 42.7 Å². The van der Waals surface area contributed by atoms with Gasteiger partial charge in [0.25, 0.3) is 0 Å². The van der Waals surface area contributed by atoms with Gasteiger partial charge in [-0.05, 0) is 18.6 Å². The molecule has 0 aliphatic carbocycles. The quantitative estimate of drug-likeness (QED) is 0.0425. The molecule has 0 bridgehead atoms. The fourth-order valence-corrected chi connectivity index (χ4v) is 4.95. The summed E-state index contributed by atoms with van der Waals surface area (Å²) in [7, 11) is 0. The molecule has 0 saturated carbocycles. The lowest BCUT2D eigenvalue weighted by molar-refractivity contribution is -0.145. The molecule has 1 rings (SSSR count). The molecule has 1 aromatic carbocycles. The Kier molecular flexibility index (Phi) is 33.4. The SMILES string of the molecule is CCCCCCCCCCCCCCCCCC(=O)OCCOCCOCCOCCOCCOCCOCCOc1ccccc1N. The van der Waals surface area contributed by atoms with Crippen LogP contribution in [-0.4, -0.2) is 98.5 Å². The Hall–Kier alpha value is -1.95. The molecule has 1 aromatic rings. The summed E-state index contributed by atoms with van der Waals surface area (Å²) in [5.41, 5.74) is 6.44. The molecule has 0 amide bonds. The first kappa shape index (κ1) is 44.1. The highest BCUT2D eigenvalue weighted by molar-refractivity contribution is 5.69. The zero-order chi connectivity index (χ0) is 34.4. The lowest BCUT2D eigenvalue weighted by atomic mass is 10.0. The number of anilines is 1. The molecule has 0 radical (unpaired) electrons. The van der Waals surface area contributed by atoms with Crippen molar-refractivity contribution >= 4 is 11.7 Å². The second-order valence-corrected chi connectivity index (χ2v) is 12.0. The first-order chi connectivity index (χ1) is 23.7. The molecule has 48 heavy (non-hydrogen) atoms. The van der Waals surface area contributed by atoms with Crippen molar-refractivity contribution in [1.29, 1.82) is 0 Å². The Morgan fingerprint density at radius 1 is 0.479 bits per heavy atom. The van der Waals surface area contributed by atoms with E-state index in [2.05, 4.69) is 6.92 Å². The zero-order valence-corrected chi connectivity index (χ0v) is 30.3. The number of nitrogens with two attached hydrogens (primary N) is 1. The van der Waals surface area contributed by atoms with Crippen LogP contribution in [0.25, 0.3) is 0 Å². The first-order valence-corrected chi connectivity index (χ1v) is 18.8. The number of hydrogen-bond donors (Lipinski definition) is 1. The number of benzene rings is 1. The van der Waals surface area contributed by atoms with Crippen molar-refractivity contribution in [2.75, 3.05) is 98.2 Å². The van der Waals surface area contributed by atoms with Gasteiger partial charge >= 0.3 is 5.97 Å². The van der Waals surface area contributed by atoms with Crippen LogP contribution in [0.5, 0.6) is 5.75 Å². The van der Waals surface area contributed by atoms with E-state index in [1.54, 1.807) is 6.07 Å². The predicted molar refractivity (Wildman–Crippen MR) is 192 cm³/mol. The summed E-state index contributed by atoms with van der Waals surface area (Å²) in [6.07, 6.45) is 20.3. The fraction of sp³-hybridized carbons (Fsp3) is 0.816. The normalized spacial score (nSPS) is 11.3. The second-order valence-electron chi connectivity index (χ2n) is 12.0. The van der Waals surface area contributed by atoms with E-state index in [1.165, 1.54) is 83.5 Å². The fourth-order valence-electron chi connectivity index (χ4n) is 4.95. The Bertz CT molecular complexity index is 814. The molecule has 0 saturated heterocycles. The Labute approximate surface area is 292 Å². The second kappa shape index (κ2) is 36.3. The number of carbonyl (C=O) groups excluding carboxylic acids is 1. The van der Waals surface area contributed by atoms with Gasteiger partial charge in [-0.1, -0.05) is 109 Å². The molecule has 0 fully saturated rings. The van der Waals surface area contributed by atoms with Gasteiger partial charge in [-0.25, -0.2) is 0 Å². The summed E-state index contributed by atoms with van der Waals surface area (Å²) in [5, 5.41) is 0. The number of nitrogen functional groups attached to an aromatic ring is 1. The van der Waals surface area contributed by atoms with Crippen molar-refractivity contribution in [3.63, 3.8) is 0 Å². The lowest BCUT2D eigenvalue weighted by Crippen LogP contribution is -2.15. The standard InChI is InChI=1S/C38H69NO9/c1-2-3-4-5-6-7-8-9-10-11-12-13-14-15-16-21-38(40)48-35-33-46-31-29-44-27-25-42-23-22-41-24-26-43-28-30-45-32-34-47-37-20-18-17-19-36(37)39/h17-20H,2-16,21-35,39H2,1H3. The lowest BCUT2D eigenvalue weighted by Gasteiger charge is -2.09.